The molecule has 0 bridgehead atoms. The van der Waals surface area contributed by atoms with Gasteiger partial charge in [0.25, 0.3) is 0 Å². The Balaban J connectivity index is 2.64. The zero-order chi connectivity index (χ0) is 9.84. The molecule has 13 heavy (non-hydrogen) atoms. The molecule has 0 aromatic rings. The number of carbonyl (C=O) groups excluding carboxylic acids is 1. The minimum absolute atomic E-state index is 0.229. The zero-order valence-electron chi connectivity index (χ0n) is 7.32. The van der Waals surface area contributed by atoms with Gasteiger partial charge in [0.05, 0.1) is 5.92 Å². The van der Waals surface area contributed by atoms with E-state index in [2.05, 4.69) is 5.32 Å². The summed E-state index contributed by atoms with van der Waals surface area (Å²) in [6.07, 6.45) is 2.32. The third-order valence-corrected chi connectivity index (χ3v) is 2.30. The highest BCUT2D eigenvalue weighted by atomic mass is 16.4. The molecular formula is C8H14N2O3. The quantitative estimate of drug-likeness (QED) is 0.532. The summed E-state index contributed by atoms with van der Waals surface area (Å²) in [6.45, 7) is 0.627. The molecule has 1 heterocycles. The van der Waals surface area contributed by atoms with E-state index in [9.17, 15) is 9.59 Å². The summed E-state index contributed by atoms with van der Waals surface area (Å²) < 4.78 is 0. The average Bonchev–Trinajstić information content (AvgIpc) is 2.28. The summed E-state index contributed by atoms with van der Waals surface area (Å²) in [4.78, 5) is 21.9. The first kappa shape index (κ1) is 9.98. The van der Waals surface area contributed by atoms with Crippen molar-refractivity contribution in [3.8, 4) is 0 Å². The van der Waals surface area contributed by atoms with Gasteiger partial charge >= 0.3 is 5.97 Å². The van der Waals surface area contributed by atoms with Gasteiger partial charge in [0, 0.05) is 6.54 Å². The van der Waals surface area contributed by atoms with E-state index in [4.69, 9.17) is 10.8 Å². The average molecular weight is 186 g/mol. The maximum Gasteiger partial charge on any atom is 0.321 e. The summed E-state index contributed by atoms with van der Waals surface area (Å²) in [5.74, 6) is -1.91. The number of hydrogen-bond acceptors (Lipinski definition) is 3. The molecule has 2 atom stereocenters. The smallest absolute Gasteiger partial charge is 0.321 e. The zero-order valence-corrected chi connectivity index (χ0v) is 7.32. The molecule has 0 aromatic heterocycles. The van der Waals surface area contributed by atoms with Crippen LogP contribution in [-0.4, -0.2) is 29.6 Å². The van der Waals surface area contributed by atoms with Gasteiger partial charge in [-0.1, -0.05) is 6.42 Å². The number of hydrogen-bond donors (Lipinski definition) is 3. The molecule has 1 rings (SSSR count). The lowest BCUT2D eigenvalue weighted by Gasteiger charge is -2.16. The van der Waals surface area contributed by atoms with E-state index >= 15 is 0 Å². The summed E-state index contributed by atoms with van der Waals surface area (Å²) >= 11 is 0. The first-order valence-electron chi connectivity index (χ1n) is 4.39. The molecule has 1 amide bonds. The predicted octanol–water partition coefficient (Wildman–Crippen LogP) is -0.685. The van der Waals surface area contributed by atoms with E-state index in [1.807, 2.05) is 0 Å². The van der Waals surface area contributed by atoms with Crippen molar-refractivity contribution in [3.05, 3.63) is 0 Å². The van der Waals surface area contributed by atoms with Gasteiger partial charge in [0.1, 0.15) is 6.04 Å². The Labute approximate surface area is 76.3 Å². The second-order valence-corrected chi connectivity index (χ2v) is 3.26. The molecule has 0 radical (unpaired) electrons. The van der Waals surface area contributed by atoms with Crippen molar-refractivity contribution in [2.24, 2.45) is 11.7 Å². The van der Waals surface area contributed by atoms with Crippen LogP contribution in [0.5, 0.6) is 0 Å². The number of carbonyl (C=O) groups is 2. The van der Waals surface area contributed by atoms with E-state index in [0.717, 1.165) is 12.8 Å². The molecule has 1 aliphatic rings. The predicted molar refractivity (Wildman–Crippen MR) is 46.0 cm³/mol. The van der Waals surface area contributed by atoms with Gasteiger partial charge in [0.15, 0.2) is 0 Å². The van der Waals surface area contributed by atoms with Gasteiger partial charge in [-0.2, -0.15) is 0 Å². The van der Waals surface area contributed by atoms with Crippen LogP contribution in [0.3, 0.4) is 0 Å². The maximum absolute atomic E-state index is 11.3. The Bertz CT molecular complexity index is 217. The Hall–Kier alpha value is -1.10. The number of nitrogens with one attached hydrogen (secondary N) is 1. The molecule has 0 spiro atoms. The molecule has 5 heteroatoms. The van der Waals surface area contributed by atoms with Crippen molar-refractivity contribution in [1.29, 1.82) is 0 Å². The van der Waals surface area contributed by atoms with E-state index in [-0.39, 0.29) is 5.91 Å². The second kappa shape index (κ2) is 4.23. The molecule has 1 fully saturated rings. The first-order valence-corrected chi connectivity index (χ1v) is 4.39. The topological polar surface area (TPSA) is 92.4 Å². The molecule has 74 valence electrons. The van der Waals surface area contributed by atoms with Crippen molar-refractivity contribution < 1.29 is 14.7 Å². The van der Waals surface area contributed by atoms with Crippen molar-refractivity contribution >= 4 is 11.9 Å². The van der Waals surface area contributed by atoms with Gasteiger partial charge in [0.2, 0.25) is 5.91 Å². The van der Waals surface area contributed by atoms with Crippen LogP contribution in [0.4, 0.5) is 0 Å². The van der Waals surface area contributed by atoms with E-state index in [1.165, 1.54) is 0 Å². The van der Waals surface area contributed by atoms with Crippen LogP contribution in [-0.2, 0) is 9.59 Å². The second-order valence-electron chi connectivity index (χ2n) is 3.26. The van der Waals surface area contributed by atoms with Crippen molar-refractivity contribution in [2.75, 3.05) is 6.54 Å². The molecule has 1 saturated heterocycles. The Morgan fingerprint density at radius 3 is 2.92 bits per heavy atom. The van der Waals surface area contributed by atoms with Crippen LogP contribution in [0.1, 0.15) is 19.3 Å². The maximum atomic E-state index is 11.3. The normalized spacial score (nSPS) is 25.9. The summed E-state index contributed by atoms with van der Waals surface area (Å²) in [5, 5.41) is 11.3. The number of nitrogens with two attached hydrogens (primary N) is 1. The first-order chi connectivity index (χ1) is 6.13. The lowest BCUT2D eigenvalue weighted by Crippen LogP contribution is -2.45. The fraction of sp³-hybridized carbons (Fsp3) is 0.750. The summed E-state index contributed by atoms with van der Waals surface area (Å²) in [6, 6.07) is -1.07. The van der Waals surface area contributed by atoms with Gasteiger partial charge < -0.3 is 16.2 Å². The van der Waals surface area contributed by atoms with Crippen LogP contribution in [0, 0.1) is 5.92 Å². The van der Waals surface area contributed by atoms with Gasteiger partial charge in [-0.05, 0) is 12.8 Å². The number of amides is 1. The number of rotatable bonds is 2. The van der Waals surface area contributed by atoms with E-state index in [0.29, 0.717) is 13.0 Å². The van der Waals surface area contributed by atoms with Gasteiger partial charge in [-0.25, -0.2) is 0 Å². The molecule has 5 nitrogen and oxygen atoms in total. The highest BCUT2D eigenvalue weighted by Crippen LogP contribution is 2.15. The van der Waals surface area contributed by atoms with Crippen LogP contribution >= 0.6 is 0 Å². The molecule has 2 unspecified atom stereocenters. The highest BCUT2D eigenvalue weighted by Gasteiger charge is 2.31. The monoisotopic (exact) mass is 186 g/mol. The number of carboxylic acids is 1. The van der Waals surface area contributed by atoms with E-state index < -0.39 is 17.9 Å². The minimum Gasteiger partial charge on any atom is -0.480 e. The highest BCUT2D eigenvalue weighted by molar-refractivity contribution is 5.86. The Kier molecular flexibility index (Phi) is 3.25. The lowest BCUT2D eigenvalue weighted by molar-refractivity contribution is -0.143. The van der Waals surface area contributed by atoms with Crippen molar-refractivity contribution in [1.82, 2.24) is 5.32 Å². The van der Waals surface area contributed by atoms with Gasteiger partial charge in [-0.3, -0.25) is 9.59 Å². The Morgan fingerprint density at radius 1 is 1.62 bits per heavy atom. The molecule has 0 aliphatic carbocycles. The van der Waals surface area contributed by atoms with Crippen molar-refractivity contribution in [3.63, 3.8) is 0 Å². The molecule has 1 aliphatic heterocycles. The van der Waals surface area contributed by atoms with Gasteiger partial charge in [-0.15, -0.1) is 0 Å². The lowest BCUT2D eigenvalue weighted by atomic mass is 9.95. The van der Waals surface area contributed by atoms with Crippen LogP contribution in [0.25, 0.3) is 0 Å². The molecule has 4 N–H and O–H groups in total. The van der Waals surface area contributed by atoms with Crippen LogP contribution in [0.15, 0.2) is 0 Å². The molecule has 0 aromatic carbocycles. The van der Waals surface area contributed by atoms with Crippen LogP contribution < -0.4 is 11.1 Å². The number of carboxylic acid groups (broad SMARTS) is 1. The van der Waals surface area contributed by atoms with E-state index in [1.54, 1.807) is 0 Å². The summed E-state index contributed by atoms with van der Waals surface area (Å²) in [7, 11) is 0. The molecular weight excluding hydrogens is 172 g/mol. The fourth-order valence-corrected chi connectivity index (χ4v) is 1.48. The standard InChI is InChI=1S/C8H14N2O3/c9-6(8(12)13)5-3-1-2-4-10-7(5)11/h5-6H,1-4,9H2,(H,10,11)(H,12,13). The largest absolute Gasteiger partial charge is 0.480 e. The fourth-order valence-electron chi connectivity index (χ4n) is 1.48. The molecule has 0 saturated carbocycles. The summed E-state index contributed by atoms with van der Waals surface area (Å²) in [5.41, 5.74) is 5.39. The Morgan fingerprint density at radius 2 is 2.31 bits per heavy atom. The minimum atomic E-state index is -1.11. The third kappa shape index (κ3) is 2.42. The third-order valence-electron chi connectivity index (χ3n) is 2.30. The number of aliphatic carboxylic acids is 1. The van der Waals surface area contributed by atoms with Crippen molar-refractivity contribution in [2.45, 2.75) is 25.3 Å². The van der Waals surface area contributed by atoms with Crippen LogP contribution in [0.2, 0.25) is 0 Å². The SMILES string of the molecule is NC(C(=O)O)C1CCCCNC1=O.